The maximum absolute atomic E-state index is 2.38. The zero-order valence-corrected chi connectivity index (χ0v) is 19.0. The van der Waals surface area contributed by atoms with Gasteiger partial charge in [-0.3, -0.25) is 0 Å². The summed E-state index contributed by atoms with van der Waals surface area (Å²) in [5, 5.41) is 2.62. The first kappa shape index (κ1) is 20.0. The molecular formula is C29H23S2+. The van der Waals surface area contributed by atoms with Crippen molar-refractivity contribution in [1.29, 1.82) is 0 Å². The second-order valence-corrected chi connectivity index (χ2v) is 10.5. The molecule has 0 aliphatic heterocycles. The Balaban J connectivity index is 1.74. The highest BCUT2D eigenvalue weighted by molar-refractivity contribution is 8.01. The summed E-state index contributed by atoms with van der Waals surface area (Å²) in [4.78, 5) is 6.69. The van der Waals surface area contributed by atoms with E-state index < -0.39 is 0 Å². The van der Waals surface area contributed by atoms with Gasteiger partial charge in [0.2, 0.25) is 0 Å². The molecule has 0 bridgehead atoms. The number of aryl methyl sites for hydroxylation is 1. The second-order valence-electron chi connectivity index (χ2n) is 7.46. The van der Waals surface area contributed by atoms with Gasteiger partial charge in [-0.2, -0.15) is 0 Å². The van der Waals surface area contributed by atoms with Gasteiger partial charge in [0, 0.05) is 10.3 Å². The van der Waals surface area contributed by atoms with Crippen LogP contribution in [-0.2, 0) is 10.9 Å². The maximum atomic E-state index is 2.38. The van der Waals surface area contributed by atoms with Gasteiger partial charge in [-0.05, 0) is 66.4 Å². The van der Waals surface area contributed by atoms with Crippen LogP contribution >= 0.6 is 11.8 Å². The summed E-state index contributed by atoms with van der Waals surface area (Å²) in [7, 11) is -0.206. The second kappa shape index (κ2) is 9.05. The SMILES string of the molecule is Cc1ccc(Sc2ccccc2)c([S+](c2ccccc2)c2cccc3ccccc23)c1. The lowest BCUT2D eigenvalue weighted by atomic mass is 10.1. The monoisotopic (exact) mass is 435 g/mol. The Morgan fingerprint density at radius 3 is 2.06 bits per heavy atom. The van der Waals surface area contributed by atoms with E-state index in [-0.39, 0.29) is 10.9 Å². The summed E-state index contributed by atoms with van der Waals surface area (Å²) in [5.41, 5.74) is 1.29. The summed E-state index contributed by atoms with van der Waals surface area (Å²) in [6, 6.07) is 43.9. The highest BCUT2D eigenvalue weighted by Crippen LogP contribution is 2.42. The van der Waals surface area contributed by atoms with Gasteiger partial charge in [0.05, 0.1) is 4.90 Å². The molecule has 5 rings (SSSR count). The topological polar surface area (TPSA) is 0 Å². The van der Waals surface area contributed by atoms with Crippen LogP contribution in [0.15, 0.2) is 146 Å². The van der Waals surface area contributed by atoms with Crippen molar-refractivity contribution in [1.82, 2.24) is 0 Å². The molecule has 5 aromatic rings. The summed E-state index contributed by atoms with van der Waals surface area (Å²) in [6.07, 6.45) is 0. The summed E-state index contributed by atoms with van der Waals surface area (Å²) >= 11 is 1.85. The molecule has 0 spiro atoms. The third-order valence-corrected chi connectivity index (χ3v) is 8.77. The summed E-state index contributed by atoms with van der Waals surface area (Å²) in [5.74, 6) is 0. The van der Waals surface area contributed by atoms with Gasteiger partial charge in [0.25, 0.3) is 0 Å². The van der Waals surface area contributed by atoms with Crippen LogP contribution in [0.2, 0.25) is 0 Å². The van der Waals surface area contributed by atoms with Crippen molar-refractivity contribution in [2.24, 2.45) is 0 Å². The van der Waals surface area contributed by atoms with E-state index >= 15 is 0 Å². The molecule has 0 saturated heterocycles. The minimum Gasteiger partial charge on any atom is -0.0848 e. The number of rotatable bonds is 5. The summed E-state index contributed by atoms with van der Waals surface area (Å²) in [6.45, 7) is 2.19. The van der Waals surface area contributed by atoms with E-state index in [0.717, 1.165) is 0 Å². The fourth-order valence-electron chi connectivity index (χ4n) is 3.78. The molecule has 0 radical (unpaired) electrons. The molecule has 150 valence electrons. The molecule has 31 heavy (non-hydrogen) atoms. The van der Waals surface area contributed by atoms with E-state index in [1.807, 2.05) is 11.8 Å². The van der Waals surface area contributed by atoms with Gasteiger partial charge in [0.1, 0.15) is 10.9 Å². The van der Waals surface area contributed by atoms with Gasteiger partial charge in [-0.15, -0.1) is 0 Å². The van der Waals surface area contributed by atoms with Crippen LogP contribution in [-0.4, -0.2) is 0 Å². The van der Waals surface area contributed by atoms with Crippen molar-refractivity contribution in [3.63, 3.8) is 0 Å². The minimum atomic E-state index is -0.206. The predicted molar refractivity (Wildman–Crippen MR) is 134 cm³/mol. The van der Waals surface area contributed by atoms with Crippen molar-refractivity contribution in [2.45, 2.75) is 31.4 Å². The maximum Gasteiger partial charge on any atom is 0.180 e. The molecule has 1 unspecified atom stereocenters. The van der Waals surface area contributed by atoms with Crippen LogP contribution < -0.4 is 0 Å². The largest absolute Gasteiger partial charge is 0.180 e. The summed E-state index contributed by atoms with van der Waals surface area (Å²) < 4.78 is 0. The molecule has 2 heteroatoms. The van der Waals surface area contributed by atoms with Gasteiger partial charge < -0.3 is 0 Å². The van der Waals surface area contributed by atoms with Crippen molar-refractivity contribution in [3.8, 4) is 0 Å². The van der Waals surface area contributed by atoms with Crippen LogP contribution in [0.4, 0.5) is 0 Å². The molecule has 0 nitrogen and oxygen atoms in total. The molecule has 0 saturated carbocycles. The molecular weight excluding hydrogens is 412 g/mol. The van der Waals surface area contributed by atoms with Crippen LogP contribution in [0.1, 0.15) is 5.56 Å². The van der Waals surface area contributed by atoms with E-state index in [9.17, 15) is 0 Å². The molecule has 0 amide bonds. The third kappa shape index (κ3) is 4.27. The number of hydrogen-bond donors (Lipinski definition) is 0. The lowest BCUT2D eigenvalue weighted by molar-refractivity contribution is 1.18. The Morgan fingerprint density at radius 1 is 0.581 bits per heavy atom. The van der Waals surface area contributed by atoms with E-state index in [4.69, 9.17) is 0 Å². The highest BCUT2D eigenvalue weighted by Gasteiger charge is 2.33. The molecule has 5 aromatic carbocycles. The van der Waals surface area contributed by atoms with Crippen molar-refractivity contribution in [3.05, 3.63) is 127 Å². The normalized spacial score (nSPS) is 12.0. The molecule has 0 aromatic heterocycles. The quantitative estimate of drug-likeness (QED) is 0.250. The number of benzene rings is 5. The molecule has 0 fully saturated rings. The van der Waals surface area contributed by atoms with Crippen LogP contribution in [0.5, 0.6) is 0 Å². The first-order chi connectivity index (χ1) is 15.3. The van der Waals surface area contributed by atoms with Gasteiger partial charge >= 0.3 is 0 Å². The first-order valence-corrected chi connectivity index (χ1v) is 12.4. The van der Waals surface area contributed by atoms with Crippen LogP contribution in [0.3, 0.4) is 0 Å². The van der Waals surface area contributed by atoms with Crippen molar-refractivity contribution in [2.75, 3.05) is 0 Å². The zero-order valence-electron chi connectivity index (χ0n) is 17.4. The Labute approximate surface area is 191 Å². The highest BCUT2D eigenvalue weighted by atomic mass is 32.2. The minimum absolute atomic E-state index is 0.206. The molecule has 0 aliphatic carbocycles. The number of fused-ring (bicyclic) bond motifs is 1. The standard InChI is InChI=1S/C29H23S2/c1-22-19-20-27(30-24-13-4-2-5-14-24)29(21-22)31(25-15-6-3-7-16-25)28-18-10-12-23-11-8-9-17-26(23)28/h2-21H,1H3/q+1. The Morgan fingerprint density at radius 2 is 1.26 bits per heavy atom. The fraction of sp³-hybridized carbons (Fsp3) is 0.0345. The fourth-order valence-corrected chi connectivity index (χ4v) is 7.36. The van der Waals surface area contributed by atoms with Gasteiger partial charge in [-0.25, -0.2) is 0 Å². The lowest BCUT2D eigenvalue weighted by Gasteiger charge is -2.14. The van der Waals surface area contributed by atoms with Gasteiger partial charge in [0.15, 0.2) is 14.7 Å². The molecule has 1 atom stereocenters. The lowest BCUT2D eigenvalue weighted by Crippen LogP contribution is -2.07. The average molecular weight is 436 g/mol. The molecule has 0 aliphatic rings. The van der Waals surface area contributed by atoms with Gasteiger partial charge in [-0.1, -0.05) is 84.6 Å². The van der Waals surface area contributed by atoms with E-state index in [1.165, 1.54) is 40.8 Å². The first-order valence-electron chi connectivity index (χ1n) is 10.4. The predicted octanol–water partition coefficient (Wildman–Crippen LogP) is 8.39. The van der Waals surface area contributed by atoms with Crippen molar-refractivity contribution < 1.29 is 0 Å². The number of hydrogen-bond acceptors (Lipinski definition) is 1. The van der Waals surface area contributed by atoms with Crippen molar-refractivity contribution >= 4 is 33.4 Å². The van der Waals surface area contributed by atoms with Crippen LogP contribution in [0, 0.1) is 6.92 Å². The van der Waals surface area contributed by atoms with Crippen LogP contribution in [0.25, 0.3) is 10.8 Å². The van der Waals surface area contributed by atoms with E-state index in [1.54, 1.807) is 0 Å². The third-order valence-electron chi connectivity index (χ3n) is 5.24. The average Bonchev–Trinajstić information content (AvgIpc) is 2.82. The molecule has 0 heterocycles. The van der Waals surface area contributed by atoms with E-state index in [2.05, 4.69) is 128 Å². The Bertz CT molecular complexity index is 1310. The smallest absolute Gasteiger partial charge is 0.0848 e. The zero-order chi connectivity index (χ0) is 21.0. The Hall–Kier alpha value is -2.94. The molecule has 0 N–H and O–H groups in total. The van der Waals surface area contributed by atoms with E-state index in [0.29, 0.717) is 0 Å². The Kier molecular flexibility index (Phi) is 5.84.